The molecule has 0 radical (unpaired) electrons. The Bertz CT molecular complexity index is 4400. The Morgan fingerprint density at radius 1 is 0.234 bits per heavy atom. The maximum atomic E-state index is 2.28. The molecule has 0 nitrogen and oxygen atoms in total. The summed E-state index contributed by atoms with van der Waals surface area (Å²) in [4.78, 5) is 0. The zero-order valence-electron chi connectivity index (χ0n) is 53.2. The van der Waals surface area contributed by atoms with Gasteiger partial charge in [0.25, 0.3) is 0 Å². The van der Waals surface area contributed by atoms with E-state index in [1.807, 2.05) is 0 Å². The van der Waals surface area contributed by atoms with E-state index in [9.17, 15) is 0 Å². The van der Waals surface area contributed by atoms with E-state index in [1.165, 1.54) is 142 Å². The van der Waals surface area contributed by atoms with Crippen LogP contribution in [0.2, 0.25) is 0 Å². The van der Waals surface area contributed by atoms with Crippen LogP contribution in [-0.4, -0.2) is 0 Å². The first kappa shape index (κ1) is 89.4. The summed E-state index contributed by atoms with van der Waals surface area (Å²) in [5, 5.41) is 21.5. The molecule has 0 spiro atoms. The van der Waals surface area contributed by atoms with Gasteiger partial charge in [-0.25, -0.2) is 0 Å². The Balaban J connectivity index is 0. The van der Waals surface area contributed by atoms with Crippen molar-refractivity contribution in [3.05, 3.63) is 325 Å². The summed E-state index contributed by atoms with van der Waals surface area (Å²) < 4.78 is 0. The SMILES string of the molecule is CCc1cccc2[cH-]c(C)cc12.CCc1cccc2[cH-]c(C)cc12.Cc1cc2c(-c3cccc4ccccc34)cccc2[cH-]1.Cc1cc2c(-c3cccc4ccccc34)cccc2[cH-]1.[F-].[F-].[F-].[F-].[F-].[F-].[F-].[F-].[Zr+4].[Zr+4].[Zr+4].[Zr+4].c1ccc2[cH-]ccc2c1.c1ccc2[cH-]ccc2c1. The van der Waals surface area contributed by atoms with E-state index < -0.39 is 0 Å². The molecule has 0 fully saturated rings. The quantitative estimate of drug-likeness (QED) is 0.163. The molecule has 0 aliphatic rings. The van der Waals surface area contributed by atoms with Crippen molar-refractivity contribution in [1.82, 2.24) is 0 Å². The molecule has 0 aliphatic carbocycles. The van der Waals surface area contributed by atoms with E-state index in [2.05, 4.69) is 333 Å². The molecular formula is C82H70F8Zr4+2. The van der Waals surface area contributed by atoms with Crippen LogP contribution in [0.15, 0.2) is 291 Å². The Kier molecular flexibility index (Phi) is 40.6. The van der Waals surface area contributed by atoms with Gasteiger partial charge in [0.15, 0.2) is 0 Å². The van der Waals surface area contributed by atoms with Gasteiger partial charge < -0.3 is 37.6 Å². The second-order valence-corrected chi connectivity index (χ2v) is 21.7. The summed E-state index contributed by atoms with van der Waals surface area (Å²) in [6.45, 7) is 13.0. The van der Waals surface area contributed by atoms with Crippen LogP contribution in [0.25, 0.3) is 108 Å². The number of hydrogen-bond acceptors (Lipinski definition) is 0. The molecule has 0 saturated heterocycles. The van der Waals surface area contributed by atoms with Gasteiger partial charge in [0, 0.05) is 0 Å². The fourth-order valence-corrected chi connectivity index (χ4v) is 11.8. The molecule has 0 heterocycles. The normalized spacial score (nSPS) is 9.51. The first-order valence-corrected chi connectivity index (χ1v) is 29.0. The predicted octanol–water partition coefficient (Wildman–Crippen LogP) is -0.627. The van der Waals surface area contributed by atoms with Gasteiger partial charge in [-0.2, -0.15) is 59.3 Å². The zero-order chi connectivity index (χ0) is 56.4. The van der Waals surface area contributed by atoms with Gasteiger partial charge in [-0.1, -0.05) is 185 Å². The van der Waals surface area contributed by atoms with Crippen molar-refractivity contribution in [2.24, 2.45) is 0 Å². The molecule has 0 saturated carbocycles. The smallest absolute Gasteiger partial charge is 1.00 e. The predicted molar refractivity (Wildman–Crippen MR) is 361 cm³/mol. The summed E-state index contributed by atoms with van der Waals surface area (Å²) in [5.41, 5.74) is 13.6. The summed E-state index contributed by atoms with van der Waals surface area (Å²) >= 11 is 0. The molecule has 0 bridgehead atoms. The van der Waals surface area contributed by atoms with Crippen molar-refractivity contribution in [2.75, 3.05) is 0 Å². The van der Waals surface area contributed by atoms with E-state index in [-0.39, 0.29) is 142 Å². The molecule has 0 aliphatic heterocycles. The maximum absolute atomic E-state index is 2.28. The van der Waals surface area contributed by atoms with Crippen LogP contribution in [0.4, 0.5) is 0 Å². The monoisotopic (exact) mass is 1570 g/mol. The Morgan fingerprint density at radius 2 is 0.479 bits per heavy atom. The second-order valence-electron chi connectivity index (χ2n) is 21.7. The molecule has 0 amide bonds. The largest absolute Gasteiger partial charge is 4.00 e. The third-order valence-corrected chi connectivity index (χ3v) is 15.8. The summed E-state index contributed by atoms with van der Waals surface area (Å²) in [6, 6.07) is 104. The Labute approximate surface area is 623 Å². The van der Waals surface area contributed by atoms with Gasteiger partial charge in [0.2, 0.25) is 0 Å². The van der Waals surface area contributed by atoms with Gasteiger partial charge in [-0.15, -0.1) is 197 Å². The van der Waals surface area contributed by atoms with Crippen LogP contribution in [0, 0.1) is 27.7 Å². The Morgan fingerprint density at radius 3 is 0.809 bits per heavy atom. The molecule has 0 aromatic heterocycles. The molecule has 12 heteroatoms. The van der Waals surface area contributed by atoms with Gasteiger partial charge in [0.05, 0.1) is 0 Å². The van der Waals surface area contributed by atoms with Crippen molar-refractivity contribution in [3.63, 3.8) is 0 Å². The molecule has 16 rings (SSSR count). The number of rotatable bonds is 4. The summed E-state index contributed by atoms with van der Waals surface area (Å²) in [7, 11) is 0. The van der Waals surface area contributed by atoms with Crippen LogP contribution >= 0.6 is 0 Å². The van der Waals surface area contributed by atoms with Crippen molar-refractivity contribution in [1.29, 1.82) is 0 Å². The molecular weight excluding hydrogens is 1500 g/mol. The third-order valence-electron chi connectivity index (χ3n) is 15.8. The zero-order valence-corrected chi connectivity index (χ0v) is 63.0. The van der Waals surface area contributed by atoms with E-state index in [4.69, 9.17) is 0 Å². The van der Waals surface area contributed by atoms with Crippen LogP contribution < -0.4 is 37.6 Å². The number of halogens is 8. The van der Waals surface area contributed by atoms with Crippen molar-refractivity contribution in [2.45, 2.75) is 54.4 Å². The standard InChI is InChI=1S/2C20H15.2C12H13.2C9H7.8FH.4Zr/c2*1-14-12-16-8-5-11-19(20(16)13-14)18-10-4-7-15-6-2-3-9-17(15)18;2*1-3-10-5-4-6-11-7-9(2)8-12(10)11;2*1-2-5-9-7-3-6-8(9)4-1;;;;;;;;;;;;/h2*2-13H,1H3;2*4-8H,3H2,1-2H3;2*1-7H;8*1H;;;;/q6*-1;;;;;;;;;4*+4/p-8. The number of benzene rings is 10. The van der Waals surface area contributed by atoms with E-state index >= 15 is 0 Å². The topological polar surface area (TPSA) is 0 Å². The Hall–Kier alpha value is -6.65. The van der Waals surface area contributed by atoms with Crippen molar-refractivity contribution < 1.29 is 142 Å². The van der Waals surface area contributed by atoms with E-state index in [1.54, 1.807) is 0 Å². The van der Waals surface area contributed by atoms with Crippen molar-refractivity contribution in [3.8, 4) is 22.3 Å². The molecule has 94 heavy (non-hydrogen) atoms. The average Bonchev–Trinajstić information content (AvgIpc) is 1.33. The van der Waals surface area contributed by atoms with Crippen LogP contribution in [0.5, 0.6) is 0 Å². The third kappa shape index (κ3) is 21.2. The van der Waals surface area contributed by atoms with E-state index in [0.29, 0.717) is 0 Å². The van der Waals surface area contributed by atoms with Gasteiger partial charge in [-0.3, -0.25) is 0 Å². The fraction of sp³-hybridized carbons (Fsp3) is 0.0976. The molecule has 468 valence electrons. The summed E-state index contributed by atoms with van der Waals surface area (Å²) in [5.74, 6) is 0. The number of fused-ring (bicyclic) bond motifs is 8. The second kappa shape index (κ2) is 42.7. The van der Waals surface area contributed by atoms with Gasteiger partial charge in [-0.05, 0) is 45.5 Å². The number of hydrogen-bond donors (Lipinski definition) is 0. The van der Waals surface area contributed by atoms with Crippen LogP contribution in [0.1, 0.15) is 47.2 Å². The number of aryl methyl sites for hydroxylation is 6. The molecule has 0 unspecified atom stereocenters. The van der Waals surface area contributed by atoms with Crippen LogP contribution in [0.3, 0.4) is 0 Å². The average molecular weight is 1570 g/mol. The van der Waals surface area contributed by atoms with Gasteiger partial charge >= 0.3 is 105 Å². The van der Waals surface area contributed by atoms with Crippen molar-refractivity contribution >= 4 is 86.2 Å². The van der Waals surface area contributed by atoms with Gasteiger partial charge in [0.1, 0.15) is 0 Å². The molecule has 0 atom stereocenters. The minimum absolute atomic E-state index is 0. The first-order valence-electron chi connectivity index (χ1n) is 29.0. The fourth-order valence-electron chi connectivity index (χ4n) is 11.8. The molecule has 16 aromatic rings. The molecule has 0 N–H and O–H groups in total. The minimum atomic E-state index is 0. The minimum Gasteiger partial charge on any atom is -1.00 e. The maximum Gasteiger partial charge on any atom is 4.00 e. The molecule has 16 aromatic carbocycles. The van der Waals surface area contributed by atoms with E-state index in [0.717, 1.165) is 12.8 Å². The summed E-state index contributed by atoms with van der Waals surface area (Å²) in [6.07, 6.45) is 2.25. The van der Waals surface area contributed by atoms with Crippen LogP contribution in [-0.2, 0) is 118 Å². The first-order chi connectivity index (χ1) is 40.2.